The zero-order valence-electron chi connectivity index (χ0n) is 19.2. The third-order valence-corrected chi connectivity index (χ3v) is 4.14. The second-order valence-electron chi connectivity index (χ2n) is 6.43. The highest BCUT2D eigenvalue weighted by Gasteiger charge is 2.15. The van der Waals surface area contributed by atoms with Crippen molar-refractivity contribution in [3.63, 3.8) is 0 Å². The molecule has 196 valence electrons. The molecule has 0 bridgehead atoms. The summed E-state index contributed by atoms with van der Waals surface area (Å²) in [5.74, 6) is 0.279. The monoisotopic (exact) mass is 490 g/mol. The molecule has 0 aromatic carbocycles. The number of rotatable bonds is 16. The van der Waals surface area contributed by atoms with E-state index in [-0.39, 0.29) is 58.1 Å². The Morgan fingerprint density at radius 1 is 1.00 bits per heavy atom. The van der Waals surface area contributed by atoms with Crippen molar-refractivity contribution in [1.82, 2.24) is 5.32 Å². The fourth-order valence-corrected chi connectivity index (χ4v) is 2.05. The maximum absolute atomic E-state index is 9.04. The second-order valence-corrected chi connectivity index (χ2v) is 6.64. The number of nitrogens with two attached hydrogens (primary N) is 3. The zero-order chi connectivity index (χ0) is 24.3. The SMILES string of the molecule is C.CC(CO)C(N)CCN=CN.COCOCl.COOCNC(CCN=CN)C(C)CO. The van der Waals surface area contributed by atoms with Crippen LogP contribution in [-0.4, -0.2) is 89.0 Å². The Kier molecular flexibility index (Phi) is 38.3. The predicted molar refractivity (Wildman–Crippen MR) is 130 cm³/mol. The predicted octanol–water partition coefficient (Wildman–Crippen LogP) is 0.202. The first-order chi connectivity index (χ1) is 14.9. The van der Waals surface area contributed by atoms with E-state index in [0.717, 1.165) is 12.8 Å². The molecule has 0 aromatic rings. The number of hydrogen-bond acceptors (Lipinski definition) is 10. The van der Waals surface area contributed by atoms with Gasteiger partial charge in [0.2, 0.25) is 0 Å². The molecule has 0 amide bonds. The first kappa shape index (κ1) is 38.2. The van der Waals surface area contributed by atoms with Gasteiger partial charge >= 0.3 is 0 Å². The molecular weight excluding hydrogens is 444 g/mol. The van der Waals surface area contributed by atoms with E-state index in [1.165, 1.54) is 26.9 Å². The van der Waals surface area contributed by atoms with Crippen LogP contribution in [-0.2, 0) is 18.8 Å². The van der Waals surface area contributed by atoms with E-state index in [0.29, 0.717) is 13.1 Å². The lowest BCUT2D eigenvalue weighted by Gasteiger charge is -2.22. The van der Waals surface area contributed by atoms with Gasteiger partial charge in [0.15, 0.2) is 6.79 Å². The van der Waals surface area contributed by atoms with Gasteiger partial charge in [-0.2, -0.15) is 0 Å². The minimum Gasteiger partial charge on any atom is -0.396 e. The summed E-state index contributed by atoms with van der Waals surface area (Å²) in [7, 11) is 2.95. The quantitative estimate of drug-likeness (QED) is 0.0434. The van der Waals surface area contributed by atoms with E-state index in [1.807, 2.05) is 13.8 Å². The van der Waals surface area contributed by atoms with Gasteiger partial charge < -0.3 is 32.2 Å². The fraction of sp³-hybridized carbons (Fsp3) is 0.895. The molecule has 0 radical (unpaired) electrons. The van der Waals surface area contributed by atoms with Crippen LogP contribution in [0.25, 0.3) is 0 Å². The van der Waals surface area contributed by atoms with Crippen molar-refractivity contribution in [2.45, 2.75) is 46.2 Å². The molecule has 0 aliphatic carbocycles. The molecule has 0 spiro atoms. The Morgan fingerprint density at radius 2 is 1.53 bits per heavy atom. The number of nitrogens with one attached hydrogen (secondary N) is 1. The van der Waals surface area contributed by atoms with Gasteiger partial charge in [-0.25, -0.2) is 9.78 Å². The number of aliphatic hydroxyl groups is 2. The highest BCUT2D eigenvalue weighted by molar-refractivity contribution is 6.07. The molecule has 4 atom stereocenters. The van der Waals surface area contributed by atoms with Crippen molar-refractivity contribution in [3.8, 4) is 0 Å². The van der Waals surface area contributed by atoms with Crippen LogP contribution in [0.2, 0.25) is 0 Å². The van der Waals surface area contributed by atoms with Crippen LogP contribution in [0.15, 0.2) is 9.98 Å². The molecule has 0 fully saturated rings. The number of hydrogen-bond donors (Lipinski definition) is 6. The lowest BCUT2D eigenvalue weighted by molar-refractivity contribution is -0.278. The number of aliphatic imine (C=N–C) groups is 2. The molecule has 12 nitrogen and oxygen atoms in total. The third kappa shape index (κ3) is 28.9. The number of halogens is 1. The van der Waals surface area contributed by atoms with Gasteiger partial charge in [-0.05, 0) is 24.7 Å². The molecule has 32 heavy (non-hydrogen) atoms. The van der Waals surface area contributed by atoms with Gasteiger partial charge in [0.1, 0.15) is 6.73 Å². The molecule has 0 heterocycles. The lowest BCUT2D eigenvalue weighted by atomic mass is 10.0. The first-order valence-electron chi connectivity index (χ1n) is 9.88. The van der Waals surface area contributed by atoms with Crippen molar-refractivity contribution >= 4 is 24.5 Å². The van der Waals surface area contributed by atoms with E-state index in [1.54, 1.807) is 0 Å². The maximum Gasteiger partial charge on any atom is 0.166 e. The first-order valence-corrected chi connectivity index (χ1v) is 10.2. The molecule has 13 heteroatoms. The Bertz CT molecular complexity index is 397. The van der Waals surface area contributed by atoms with Gasteiger partial charge in [-0.3, -0.25) is 19.6 Å². The van der Waals surface area contributed by atoms with Gasteiger partial charge in [-0.15, -0.1) is 0 Å². The Hall–Kier alpha value is -1.09. The Balaban J connectivity index is -0.000000203. The van der Waals surface area contributed by atoms with Gasteiger partial charge in [-0.1, -0.05) is 21.3 Å². The third-order valence-electron chi connectivity index (χ3n) is 4.05. The van der Waals surface area contributed by atoms with E-state index in [4.69, 9.17) is 32.3 Å². The number of ether oxygens (including phenoxy) is 1. The average molecular weight is 491 g/mol. The summed E-state index contributed by atoms with van der Waals surface area (Å²) in [6.45, 7) is 5.84. The van der Waals surface area contributed by atoms with Gasteiger partial charge in [0.25, 0.3) is 0 Å². The summed E-state index contributed by atoms with van der Waals surface area (Å²) in [6, 6.07) is 0.151. The van der Waals surface area contributed by atoms with Gasteiger partial charge in [0.05, 0.1) is 31.7 Å². The average Bonchev–Trinajstić information content (AvgIpc) is 2.78. The summed E-state index contributed by atoms with van der Waals surface area (Å²) in [6.07, 6.45) is 4.13. The van der Waals surface area contributed by atoms with Crippen LogP contribution in [0.4, 0.5) is 0 Å². The van der Waals surface area contributed by atoms with Crippen molar-refractivity contribution < 1.29 is 29.0 Å². The minimum atomic E-state index is 0. The standard InChI is InChI=1S/C9H21N3O3.C7H17N3O.C2H5ClO2.CH4/c1-8(5-13)9(3-4-11-6-10)12-7-15-14-2;1-6(4-11)7(9)2-3-10-5-8;1-4-2-5-3;/h6,8-9,12-13H,3-5,7H2,1-2H3,(H2,10,11);5-7,11H,2-4,9H2,1H3,(H2,8,10);2H2,1H3;1H4. The van der Waals surface area contributed by atoms with Crippen LogP contribution in [0.5, 0.6) is 0 Å². The van der Waals surface area contributed by atoms with Crippen molar-refractivity contribution in [2.24, 2.45) is 39.0 Å². The smallest absolute Gasteiger partial charge is 0.166 e. The van der Waals surface area contributed by atoms with Crippen LogP contribution in [0.1, 0.15) is 34.1 Å². The summed E-state index contributed by atoms with van der Waals surface area (Å²) >= 11 is 4.68. The second kappa shape index (κ2) is 32.1. The largest absolute Gasteiger partial charge is 0.396 e. The normalized spacial score (nSPS) is 14.5. The molecule has 9 N–H and O–H groups in total. The summed E-state index contributed by atoms with van der Waals surface area (Å²) in [5, 5.41) is 20.9. The van der Waals surface area contributed by atoms with Crippen LogP contribution >= 0.6 is 11.9 Å². The highest BCUT2D eigenvalue weighted by atomic mass is 35.5. The fourth-order valence-electron chi connectivity index (χ4n) is 1.97. The van der Waals surface area contributed by atoms with E-state index >= 15 is 0 Å². The van der Waals surface area contributed by atoms with Gasteiger partial charge in [0, 0.05) is 45.5 Å². The summed E-state index contributed by atoms with van der Waals surface area (Å²) in [5.41, 5.74) is 15.9. The van der Waals surface area contributed by atoms with E-state index < -0.39 is 0 Å². The summed E-state index contributed by atoms with van der Waals surface area (Å²) in [4.78, 5) is 16.9. The molecule has 0 saturated heterocycles. The van der Waals surface area contributed by atoms with Crippen LogP contribution in [0.3, 0.4) is 0 Å². The topological polar surface area (TPSA) is 192 Å². The molecule has 0 rings (SSSR count). The molecule has 0 aromatic heterocycles. The summed E-state index contributed by atoms with van der Waals surface area (Å²) < 4.78 is 8.28. The number of aliphatic hydroxyl groups excluding tert-OH is 2. The Morgan fingerprint density at radius 3 is 1.91 bits per heavy atom. The highest BCUT2D eigenvalue weighted by Crippen LogP contribution is 2.06. The maximum atomic E-state index is 9.04. The van der Waals surface area contributed by atoms with Crippen molar-refractivity contribution in [1.29, 1.82) is 0 Å². The Labute approximate surface area is 198 Å². The zero-order valence-corrected chi connectivity index (χ0v) is 19.9. The molecule has 0 saturated carbocycles. The van der Waals surface area contributed by atoms with E-state index in [2.05, 4.69) is 41.1 Å². The number of methoxy groups -OCH3 is 1. The molecule has 0 aliphatic rings. The minimum absolute atomic E-state index is 0. The van der Waals surface area contributed by atoms with Crippen molar-refractivity contribution in [3.05, 3.63) is 0 Å². The van der Waals surface area contributed by atoms with Crippen LogP contribution < -0.4 is 22.5 Å². The van der Waals surface area contributed by atoms with E-state index in [9.17, 15) is 0 Å². The molecule has 4 unspecified atom stereocenters. The van der Waals surface area contributed by atoms with Crippen molar-refractivity contribution in [2.75, 3.05) is 54.0 Å². The molecule has 0 aliphatic heterocycles. The lowest BCUT2D eigenvalue weighted by Crippen LogP contribution is -2.38. The number of nitrogens with zero attached hydrogens (tertiary/aromatic N) is 2. The molecular formula is C19H47ClN6O6. The van der Waals surface area contributed by atoms with Crippen LogP contribution in [0, 0.1) is 11.8 Å².